The van der Waals surface area contributed by atoms with Crippen molar-refractivity contribution in [2.45, 2.75) is 37.2 Å². The number of nitrogens with one attached hydrogen (secondary N) is 1. The van der Waals surface area contributed by atoms with Gasteiger partial charge in [-0.2, -0.15) is 4.31 Å². The third-order valence-corrected chi connectivity index (χ3v) is 5.46. The fourth-order valence-electron chi connectivity index (χ4n) is 2.43. The molecule has 0 saturated carbocycles. The number of carbonyl (C=O) groups is 1. The van der Waals surface area contributed by atoms with Gasteiger partial charge in [-0.25, -0.2) is 8.42 Å². The van der Waals surface area contributed by atoms with Crippen LogP contribution in [0.15, 0.2) is 29.2 Å². The molecule has 7 heteroatoms. The lowest BCUT2D eigenvalue weighted by Crippen LogP contribution is -2.37. The van der Waals surface area contributed by atoms with E-state index in [1.165, 1.54) is 23.4 Å². The number of amides is 1. The van der Waals surface area contributed by atoms with Crippen LogP contribution in [0.1, 0.15) is 26.2 Å². The van der Waals surface area contributed by atoms with Crippen molar-refractivity contribution in [2.24, 2.45) is 0 Å². The Hall–Kier alpha value is -1.44. The first-order valence-electron chi connectivity index (χ1n) is 7.35. The Morgan fingerprint density at radius 2 is 2.00 bits per heavy atom. The Kier molecular flexibility index (Phi) is 5.55. The molecule has 1 atom stereocenters. The summed E-state index contributed by atoms with van der Waals surface area (Å²) in [6.45, 7) is 2.46. The van der Waals surface area contributed by atoms with E-state index >= 15 is 0 Å². The molecule has 1 aromatic rings. The van der Waals surface area contributed by atoms with Gasteiger partial charge in [0.15, 0.2) is 0 Å². The molecule has 1 aromatic carbocycles. The number of rotatable bonds is 5. The number of benzene rings is 1. The van der Waals surface area contributed by atoms with Crippen LogP contribution in [0.5, 0.6) is 0 Å². The highest BCUT2D eigenvalue weighted by atomic mass is 32.2. The maximum absolute atomic E-state index is 12.5. The number of ether oxygens (including phenoxy) is 1. The standard InChI is InChI=1S/C15H22N2O4S/c1-12(18)16-13-6-8-15(9-7-13)22(19,20)17(2)11-14-5-3-4-10-21-14/h6-9,14H,3-5,10-11H2,1-2H3,(H,16,18). The number of sulfonamides is 1. The van der Waals surface area contributed by atoms with E-state index in [2.05, 4.69) is 5.32 Å². The van der Waals surface area contributed by atoms with Crippen LogP contribution in [-0.4, -0.2) is 44.9 Å². The van der Waals surface area contributed by atoms with Crippen LogP contribution in [0.3, 0.4) is 0 Å². The van der Waals surface area contributed by atoms with Gasteiger partial charge in [-0.15, -0.1) is 0 Å². The molecule has 2 rings (SSSR count). The van der Waals surface area contributed by atoms with Crippen LogP contribution < -0.4 is 5.32 Å². The summed E-state index contributed by atoms with van der Waals surface area (Å²) in [5.41, 5.74) is 0.574. The number of carbonyl (C=O) groups excluding carboxylic acids is 1. The normalized spacial score (nSPS) is 19.1. The number of hydrogen-bond donors (Lipinski definition) is 1. The fourth-order valence-corrected chi connectivity index (χ4v) is 3.63. The Bertz CT molecular complexity index is 607. The van der Waals surface area contributed by atoms with Gasteiger partial charge in [0.25, 0.3) is 0 Å². The molecular weight excluding hydrogens is 304 g/mol. The second kappa shape index (κ2) is 7.21. The van der Waals surface area contributed by atoms with Crippen molar-refractivity contribution < 1.29 is 17.9 Å². The van der Waals surface area contributed by atoms with Crippen molar-refractivity contribution in [1.29, 1.82) is 0 Å². The third kappa shape index (κ3) is 4.28. The smallest absolute Gasteiger partial charge is 0.242 e. The zero-order valence-electron chi connectivity index (χ0n) is 12.9. The monoisotopic (exact) mass is 326 g/mol. The summed E-state index contributed by atoms with van der Waals surface area (Å²) >= 11 is 0. The molecule has 1 saturated heterocycles. The first-order chi connectivity index (χ1) is 10.4. The van der Waals surface area contributed by atoms with E-state index in [0.717, 1.165) is 19.3 Å². The molecule has 0 spiro atoms. The summed E-state index contributed by atoms with van der Waals surface area (Å²) in [5, 5.41) is 2.61. The molecule has 1 fully saturated rings. The van der Waals surface area contributed by atoms with Crippen molar-refractivity contribution in [3.8, 4) is 0 Å². The molecule has 0 aromatic heterocycles. The van der Waals surface area contributed by atoms with Gasteiger partial charge in [0.1, 0.15) is 0 Å². The predicted molar refractivity (Wildman–Crippen MR) is 84.2 cm³/mol. The summed E-state index contributed by atoms with van der Waals surface area (Å²) in [5.74, 6) is -0.192. The van der Waals surface area contributed by atoms with E-state index in [1.807, 2.05) is 0 Å². The average Bonchev–Trinajstić information content (AvgIpc) is 2.48. The molecule has 0 radical (unpaired) electrons. The van der Waals surface area contributed by atoms with Crippen LogP contribution in [0, 0.1) is 0 Å². The SMILES string of the molecule is CC(=O)Nc1ccc(S(=O)(=O)N(C)CC2CCCCO2)cc1. The molecule has 1 amide bonds. The van der Waals surface area contributed by atoms with Gasteiger partial charge in [0, 0.05) is 32.8 Å². The van der Waals surface area contributed by atoms with Crippen LogP contribution in [0.25, 0.3) is 0 Å². The van der Waals surface area contributed by atoms with Gasteiger partial charge >= 0.3 is 0 Å². The summed E-state index contributed by atoms with van der Waals surface area (Å²) in [6.07, 6.45) is 2.97. The summed E-state index contributed by atoms with van der Waals surface area (Å²) < 4.78 is 32.0. The Morgan fingerprint density at radius 1 is 1.32 bits per heavy atom. The first kappa shape index (κ1) is 16.9. The number of nitrogens with zero attached hydrogens (tertiary/aromatic N) is 1. The molecule has 22 heavy (non-hydrogen) atoms. The topological polar surface area (TPSA) is 75.7 Å². The van der Waals surface area contributed by atoms with Crippen molar-refractivity contribution in [3.63, 3.8) is 0 Å². The molecule has 1 N–H and O–H groups in total. The molecule has 1 heterocycles. The lowest BCUT2D eigenvalue weighted by Gasteiger charge is -2.27. The Balaban J connectivity index is 2.06. The zero-order valence-corrected chi connectivity index (χ0v) is 13.7. The summed E-state index contributed by atoms with van der Waals surface area (Å²) in [7, 11) is -1.98. The van der Waals surface area contributed by atoms with Gasteiger partial charge in [-0.3, -0.25) is 4.79 Å². The van der Waals surface area contributed by atoms with Crippen LogP contribution in [-0.2, 0) is 19.6 Å². The molecule has 0 bridgehead atoms. The van der Waals surface area contributed by atoms with Crippen LogP contribution in [0.2, 0.25) is 0 Å². The van der Waals surface area contributed by atoms with Crippen molar-refractivity contribution in [1.82, 2.24) is 4.31 Å². The minimum Gasteiger partial charge on any atom is -0.377 e. The lowest BCUT2D eigenvalue weighted by atomic mass is 10.1. The highest BCUT2D eigenvalue weighted by Gasteiger charge is 2.25. The maximum Gasteiger partial charge on any atom is 0.242 e. The molecule has 6 nitrogen and oxygen atoms in total. The highest BCUT2D eigenvalue weighted by Crippen LogP contribution is 2.20. The van der Waals surface area contributed by atoms with Crippen LogP contribution >= 0.6 is 0 Å². The predicted octanol–water partition coefficient (Wildman–Crippen LogP) is 1.83. The molecule has 1 aliphatic heterocycles. The van der Waals surface area contributed by atoms with E-state index in [-0.39, 0.29) is 16.9 Å². The van der Waals surface area contributed by atoms with E-state index in [1.54, 1.807) is 19.2 Å². The average molecular weight is 326 g/mol. The molecule has 0 aliphatic carbocycles. The second-order valence-corrected chi connectivity index (χ2v) is 7.52. The maximum atomic E-state index is 12.5. The Labute approximate surface area is 131 Å². The third-order valence-electron chi connectivity index (χ3n) is 3.62. The minimum absolute atomic E-state index is 0.0350. The quantitative estimate of drug-likeness (QED) is 0.896. The van der Waals surface area contributed by atoms with Gasteiger partial charge in [0.05, 0.1) is 11.0 Å². The van der Waals surface area contributed by atoms with E-state index in [4.69, 9.17) is 4.74 Å². The zero-order chi connectivity index (χ0) is 16.2. The Morgan fingerprint density at radius 3 is 2.55 bits per heavy atom. The molecule has 122 valence electrons. The number of anilines is 1. The largest absolute Gasteiger partial charge is 0.377 e. The van der Waals surface area contributed by atoms with E-state index < -0.39 is 10.0 Å². The first-order valence-corrected chi connectivity index (χ1v) is 8.79. The van der Waals surface area contributed by atoms with Gasteiger partial charge in [-0.1, -0.05) is 0 Å². The lowest BCUT2D eigenvalue weighted by molar-refractivity contribution is -0.114. The van der Waals surface area contributed by atoms with E-state index in [0.29, 0.717) is 18.8 Å². The van der Waals surface area contributed by atoms with Crippen molar-refractivity contribution in [2.75, 3.05) is 25.5 Å². The highest BCUT2D eigenvalue weighted by molar-refractivity contribution is 7.89. The van der Waals surface area contributed by atoms with Gasteiger partial charge < -0.3 is 10.1 Å². The number of hydrogen-bond acceptors (Lipinski definition) is 4. The number of likely N-dealkylation sites (N-methyl/N-ethyl adjacent to an activating group) is 1. The van der Waals surface area contributed by atoms with E-state index in [9.17, 15) is 13.2 Å². The minimum atomic E-state index is -3.54. The fraction of sp³-hybridized carbons (Fsp3) is 0.533. The second-order valence-electron chi connectivity index (χ2n) is 5.48. The molecule has 1 unspecified atom stereocenters. The summed E-state index contributed by atoms with van der Waals surface area (Å²) in [6, 6.07) is 6.16. The summed E-state index contributed by atoms with van der Waals surface area (Å²) in [4.78, 5) is 11.2. The molecular formula is C15H22N2O4S. The van der Waals surface area contributed by atoms with Crippen LogP contribution in [0.4, 0.5) is 5.69 Å². The van der Waals surface area contributed by atoms with Gasteiger partial charge in [0.2, 0.25) is 15.9 Å². The van der Waals surface area contributed by atoms with Crippen molar-refractivity contribution in [3.05, 3.63) is 24.3 Å². The molecule has 1 aliphatic rings. The van der Waals surface area contributed by atoms with Gasteiger partial charge in [-0.05, 0) is 43.5 Å². The van der Waals surface area contributed by atoms with Crippen molar-refractivity contribution >= 4 is 21.6 Å².